The molecule has 0 spiro atoms. The second-order valence-corrected chi connectivity index (χ2v) is 6.04. The van der Waals surface area contributed by atoms with Gasteiger partial charge in [-0.05, 0) is 49.7 Å². The highest BCUT2D eigenvalue weighted by molar-refractivity contribution is 6.30. The zero-order valence-electron chi connectivity index (χ0n) is 14.8. The third kappa shape index (κ3) is 7.53. The molecular weight excluding hydrogens is 350 g/mol. The van der Waals surface area contributed by atoms with Crippen molar-refractivity contribution < 1.29 is 4.79 Å². The molecule has 2 rings (SSSR count). The van der Waals surface area contributed by atoms with E-state index < -0.39 is 0 Å². The van der Waals surface area contributed by atoms with Crippen LogP contribution in [0.1, 0.15) is 25.5 Å². The van der Waals surface area contributed by atoms with E-state index in [9.17, 15) is 4.79 Å². The lowest BCUT2D eigenvalue weighted by atomic mass is 10.2. The van der Waals surface area contributed by atoms with Crippen LogP contribution in [0.5, 0.6) is 0 Å². The van der Waals surface area contributed by atoms with E-state index in [4.69, 9.17) is 11.6 Å². The van der Waals surface area contributed by atoms with Gasteiger partial charge in [0.15, 0.2) is 5.96 Å². The largest absolute Gasteiger partial charge is 0.357 e. The van der Waals surface area contributed by atoms with Crippen molar-refractivity contribution in [2.75, 3.05) is 18.4 Å². The summed E-state index contributed by atoms with van der Waals surface area (Å²) in [5, 5.41) is 9.91. The van der Waals surface area contributed by atoms with Crippen molar-refractivity contribution in [3.63, 3.8) is 0 Å². The highest BCUT2D eigenvalue weighted by Gasteiger charge is 2.03. The fourth-order valence-electron chi connectivity index (χ4n) is 2.21. The molecule has 6 nitrogen and oxygen atoms in total. The van der Waals surface area contributed by atoms with Gasteiger partial charge < -0.3 is 16.0 Å². The monoisotopic (exact) mass is 373 g/mol. The Morgan fingerprint density at radius 3 is 2.65 bits per heavy atom. The van der Waals surface area contributed by atoms with Crippen LogP contribution in [0.2, 0.25) is 5.02 Å². The maximum atomic E-state index is 12.0. The molecular formula is C19H24ClN5O. The Balaban J connectivity index is 1.71. The van der Waals surface area contributed by atoms with Crippen LogP contribution in [0.15, 0.2) is 53.7 Å². The minimum Gasteiger partial charge on any atom is -0.357 e. The van der Waals surface area contributed by atoms with Crippen molar-refractivity contribution in [3.8, 4) is 0 Å². The van der Waals surface area contributed by atoms with Crippen LogP contribution in [-0.4, -0.2) is 29.9 Å². The summed E-state index contributed by atoms with van der Waals surface area (Å²) in [5.74, 6) is 0.695. The first kappa shape index (κ1) is 19.7. The average molecular weight is 374 g/mol. The number of nitrogens with one attached hydrogen (secondary N) is 3. The summed E-state index contributed by atoms with van der Waals surface area (Å²) in [4.78, 5) is 20.7. The molecule has 1 aromatic carbocycles. The second kappa shape index (κ2) is 11.1. The number of benzene rings is 1. The SMILES string of the molecule is CCNC(=NCc1ccccn1)NCCCC(=O)Nc1ccc(Cl)cc1. The summed E-state index contributed by atoms with van der Waals surface area (Å²) in [7, 11) is 0. The van der Waals surface area contributed by atoms with Gasteiger partial charge in [-0.2, -0.15) is 0 Å². The molecule has 0 aliphatic heterocycles. The molecule has 0 saturated heterocycles. The van der Waals surface area contributed by atoms with Crippen molar-refractivity contribution in [2.45, 2.75) is 26.3 Å². The van der Waals surface area contributed by atoms with E-state index in [-0.39, 0.29) is 5.91 Å². The lowest BCUT2D eigenvalue weighted by molar-refractivity contribution is -0.116. The van der Waals surface area contributed by atoms with Crippen molar-refractivity contribution in [2.24, 2.45) is 4.99 Å². The molecule has 0 saturated carbocycles. The molecule has 3 N–H and O–H groups in total. The highest BCUT2D eigenvalue weighted by atomic mass is 35.5. The van der Waals surface area contributed by atoms with Gasteiger partial charge in [-0.3, -0.25) is 9.78 Å². The van der Waals surface area contributed by atoms with Gasteiger partial charge in [-0.25, -0.2) is 4.99 Å². The molecule has 1 amide bonds. The first-order chi connectivity index (χ1) is 12.7. The first-order valence-corrected chi connectivity index (χ1v) is 9.02. The number of guanidine groups is 1. The van der Waals surface area contributed by atoms with Crippen LogP contribution in [0, 0.1) is 0 Å². The Bertz CT molecular complexity index is 704. The van der Waals surface area contributed by atoms with Gasteiger partial charge in [-0.1, -0.05) is 17.7 Å². The number of aliphatic imine (C=N–C) groups is 1. The number of rotatable bonds is 8. The molecule has 0 fully saturated rings. The third-order valence-electron chi connectivity index (χ3n) is 3.47. The predicted molar refractivity (Wildman–Crippen MR) is 106 cm³/mol. The molecule has 0 bridgehead atoms. The summed E-state index contributed by atoms with van der Waals surface area (Å²) in [6.07, 6.45) is 2.88. The van der Waals surface area contributed by atoms with E-state index in [0.29, 0.717) is 31.0 Å². The van der Waals surface area contributed by atoms with Crippen molar-refractivity contribution in [1.82, 2.24) is 15.6 Å². The molecule has 0 unspecified atom stereocenters. The zero-order valence-corrected chi connectivity index (χ0v) is 15.6. The normalized spacial score (nSPS) is 11.1. The standard InChI is InChI=1S/C19H24ClN5O/c1-2-21-19(24-14-17-6-3-4-12-22-17)23-13-5-7-18(26)25-16-10-8-15(20)9-11-16/h3-4,6,8-12H,2,5,7,13-14H2,1H3,(H,25,26)(H2,21,23,24). The molecule has 1 heterocycles. The van der Waals surface area contributed by atoms with Crippen LogP contribution < -0.4 is 16.0 Å². The van der Waals surface area contributed by atoms with Crippen molar-refractivity contribution >= 4 is 29.2 Å². The minimum atomic E-state index is -0.0236. The summed E-state index contributed by atoms with van der Waals surface area (Å²) < 4.78 is 0. The second-order valence-electron chi connectivity index (χ2n) is 5.60. The van der Waals surface area contributed by atoms with E-state index >= 15 is 0 Å². The maximum Gasteiger partial charge on any atom is 0.224 e. The van der Waals surface area contributed by atoms with Gasteiger partial charge in [0.25, 0.3) is 0 Å². The van der Waals surface area contributed by atoms with Gasteiger partial charge in [0.05, 0.1) is 12.2 Å². The number of anilines is 1. The van der Waals surface area contributed by atoms with Crippen LogP contribution >= 0.6 is 11.6 Å². The summed E-state index contributed by atoms with van der Waals surface area (Å²) in [6, 6.07) is 12.8. The van der Waals surface area contributed by atoms with Gasteiger partial charge >= 0.3 is 0 Å². The summed E-state index contributed by atoms with van der Waals surface area (Å²) >= 11 is 5.83. The Kier molecular flexibility index (Phi) is 8.42. The topological polar surface area (TPSA) is 78.4 Å². The lowest BCUT2D eigenvalue weighted by Crippen LogP contribution is -2.38. The Morgan fingerprint density at radius 2 is 1.96 bits per heavy atom. The Hall–Kier alpha value is -2.60. The van der Waals surface area contributed by atoms with Crippen LogP contribution in [0.25, 0.3) is 0 Å². The molecule has 0 aliphatic carbocycles. The summed E-state index contributed by atoms with van der Waals surface area (Å²) in [6.45, 7) is 3.94. The number of carbonyl (C=O) groups excluding carboxylic acids is 1. The van der Waals surface area contributed by atoms with Gasteiger partial charge in [-0.15, -0.1) is 0 Å². The number of hydrogen-bond acceptors (Lipinski definition) is 3. The number of carbonyl (C=O) groups is 1. The zero-order chi connectivity index (χ0) is 18.6. The number of nitrogens with zero attached hydrogens (tertiary/aromatic N) is 2. The minimum absolute atomic E-state index is 0.0236. The molecule has 0 atom stereocenters. The van der Waals surface area contributed by atoms with E-state index in [1.54, 1.807) is 30.5 Å². The molecule has 7 heteroatoms. The average Bonchev–Trinajstić information content (AvgIpc) is 2.66. The number of aromatic nitrogens is 1. The lowest BCUT2D eigenvalue weighted by Gasteiger charge is -2.11. The van der Waals surface area contributed by atoms with Crippen molar-refractivity contribution in [3.05, 3.63) is 59.4 Å². The number of pyridine rings is 1. The Labute approximate surface area is 159 Å². The van der Waals surface area contributed by atoms with Crippen LogP contribution in [0.3, 0.4) is 0 Å². The van der Waals surface area contributed by atoms with E-state index in [1.165, 1.54) is 0 Å². The van der Waals surface area contributed by atoms with Gasteiger partial charge in [0, 0.05) is 36.4 Å². The van der Waals surface area contributed by atoms with Gasteiger partial charge in [0.2, 0.25) is 5.91 Å². The predicted octanol–water partition coefficient (Wildman–Crippen LogP) is 3.21. The molecule has 0 radical (unpaired) electrons. The third-order valence-corrected chi connectivity index (χ3v) is 3.72. The fraction of sp³-hybridized carbons (Fsp3) is 0.316. The van der Waals surface area contributed by atoms with Crippen LogP contribution in [0.4, 0.5) is 5.69 Å². The molecule has 2 aromatic rings. The Morgan fingerprint density at radius 1 is 1.15 bits per heavy atom. The smallest absolute Gasteiger partial charge is 0.224 e. The van der Waals surface area contributed by atoms with E-state index in [0.717, 1.165) is 23.9 Å². The van der Waals surface area contributed by atoms with E-state index in [1.807, 2.05) is 25.1 Å². The number of hydrogen-bond donors (Lipinski definition) is 3. The summed E-state index contributed by atoms with van der Waals surface area (Å²) in [5.41, 5.74) is 1.66. The van der Waals surface area contributed by atoms with Crippen molar-refractivity contribution in [1.29, 1.82) is 0 Å². The molecule has 0 aliphatic rings. The fourth-order valence-corrected chi connectivity index (χ4v) is 2.33. The molecule has 138 valence electrons. The first-order valence-electron chi connectivity index (χ1n) is 8.65. The number of amides is 1. The van der Waals surface area contributed by atoms with Gasteiger partial charge in [0.1, 0.15) is 0 Å². The highest BCUT2D eigenvalue weighted by Crippen LogP contribution is 2.13. The quantitative estimate of drug-likeness (QED) is 0.377. The molecule has 26 heavy (non-hydrogen) atoms. The number of halogens is 1. The van der Waals surface area contributed by atoms with E-state index in [2.05, 4.69) is 25.9 Å². The molecule has 1 aromatic heterocycles. The van der Waals surface area contributed by atoms with Crippen LogP contribution in [-0.2, 0) is 11.3 Å². The maximum absolute atomic E-state index is 12.0.